The molecule has 0 amide bonds. The predicted octanol–water partition coefficient (Wildman–Crippen LogP) is 2.99. The Bertz CT molecular complexity index is 657. The molecule has 1 aromatic heterocycles. The Morgan fingerprint density at radius 1 is 1.33 bits per heavy atom. The van der Waals surface area contributed by atoms with Crippen LogP contribution in [0.4, 0.5) is 11.4 Å². The summed E-state index contributed by atoms with van der Waals surface area (Å²) in [6.07, 6.45) is 1.75. The first kappa shape index (κ1) is 15.0. The van der Waals surface area contributed by atoms with Crippen LogP contribution in [-0.2, 0) is 6.54 Å². The van der Waals surface area contributed by atoms with E-state index in [4.69, 9.17) is 9.47 Å². The molecular formula is C13H15N3O4S. The van der Waals surface area contributed by atoms with Crippen LogP contribution >= 0.6 is 11.3 Å². The molecule has 0 radical (unpaired) electrons. The van der Waals surface area contributed by atoms with Crippen LogP contribution in [0.3, 0.4) is 0 Å². The first-order chi connectivity index (χ1) is 10.0. The molecule has 0 aliphatic rings. The van der Waals surface area contributed by atoms with Crippen LogP contribution in [0.1, 0.15) is 9.88 Å². The normalized spacial score (nSPS) is 10.2. The van der Waals surface area contributed by atoms with Gasteiger partial charge in [-0.05, 0) is 6.92 Å². The average Bonchev–Trinajstić information content (AvgIpc) is 2.89. The topological polar surface area (TPSA) is 86.5 Å². The van der Waals surface area contributed by atoms with Crippen LogP contribution in [-0.4, -0.2) is 24.1 Å². The number of anilines is 1. The molecule has 0 fully saturated rings. The summed E-state index contributed by atoms with van der Waals surface area (Å²) in [6, 6.07) is 2.91. The zero-order chi connectivity index (χ0) is 15.4. The Balaban J connectivity index is 2.29. The first-order valence-electron chi connectivity index (χ1n) is 6.10. The number of hydrogen-bond acceptors (Lipinski definition) is 7. The number of nitrogens with one attached hydrogen (secondary N) is 1. The standard InChI is InChI=1S/C13H15N3O4S/c1-8-14-6-9(21-8)7-15-10-4-12(19-2)13(20-3)5-11(10)16(17)18/h4-6,15H,7H2,1-3H3. The van der Waals surface area contributed by atoms with Gasteiger partial charge >= 0.3 is 0 Å². The molecule has 112 valence electrons. The van der Waals surface area contributed by atoms with Crippen molar-refractivity contribution in [1.29, 1.82) is 0 Å². The molecule has 0 atom stereocenters. The van der Waals surface area contributed by atoms with Crippen molar-refractivity contribution in [3.05, 3.63) is 38.3 Å². The van der Waals surface area contributed by atoms with Gasteiger partial charge in [-0.2, -0.15) is 0 Å². The van der Waals surface area contributed by atoms with Gasteiger partial charge in [-0.25, -0.2) is 4.98 Å². The molecule has 7 nitrogen and oxygen atoms in total. The number of nitro benzene ring substituents is 1. The molecule has 0 unspecified atom stereocenters. The Kier molecular flexibility index (Phi) is 4.59. The minimum atomic E-state index is -0.456. The monoisotopic (exact) mass is 309 g/mol. The molecule has 0 spiro atoms. The summed E-state index contributed by atoms with van der Waals surface area (Å²) < 4.78 is 10.3. The van der Waals surface area contributed by atoms with Gasteiger partial charge in [0.05, 0.1) is 36.8 Å². The number of nitrogens with zero attached hydrogens (tertiary/aromatic N) is 2. The van der Waals surface area contributed by atoms with Crippen LogP contribution in [0.25, 0.3) is 0 Å². The summed E-state index contributed by atoms with van der Waals surface area (Å²) in [4.78, 5) is 15.9. The zero-order valence-electron chi connectivity index (χ0n) is 11.9. The number of methoxy groups -OCH3 is 2. The lowest BCUT2D eigenvalue weighted by Gasteiger charge is -2.11. The SMILES string of the molecule is COc1cc(NCc2cnc(C)s2)c([N+](=O)[O-])cc1OC. The van der Waals surface area contributed by atoms with Crippen molar-refractivity contribution in [2.75, 3.05) is 19.5 Å². The molecule has 2 rings (SSSR count). The van der Waals surface area contributed by atoms with Crippen LogP contribution in [0.5, 0.6) is 11.5 Å². The number of hydrogen-bond donors (Lipinski definition) is 1. The maximum atomic E-state index is 11.2. The Morgan fingerprint density at radius 3 is 2.52 bits per heavy atom. The van der Waals surface area contributed by atoms with Gasteiger partial charge in [-0.15, -0.1) is 11.3 Å². The smallest absolute Gasteiger partial charge is 0.296 e. The third-order valence-electron chi connectivity index (χ3n) is 2.82. The molecule has 1 aromatic carbocycles. The van der Waals surface area contributed by atoms with Gasteiger partial charge in [0.2, 0.25) is 0 Å². The summed E-state index contributed by atoms with van der Waals surface area (Å²) in [5.41, 5.74) is 0.317. The fourth-order valence-corrected chi connectivity index (χ4v) is 2.56. The van der Waals surface area contributed by atoms with Gasteiger partial charge < -0.3 is 14.8 Å². The third-order valence-corrected chi connectivity index (χ3v) is 3.73. The van der Waals surface area contributed by atoms with E-state index in [9.17, 15) is 10.1 Å². The summed E-state index contributed by atoms with van der Waals surface area (Å²) in [5.74, 6) is 0.759. The van der Waals surface area contributed by atoms with Crippen molar-refractivity contribution in [2.45, 2.75) is 13.5 Å². The summed E-state index contributed by atoms with van der Waals surface area (Å²) in [5, 5.41) is 15.2. The van der Waals surface area contributed by atoms with Gasteiger partial charge in [0.25, 0.3) is 5.69 Å². The van der Waals surface area contributed by atoms with E-state index < -0.39 is 4.92 Å². The van der Waals surface area contributed by atoms with Gasteiger partial charge in [0, 0.05) is 17.1 Å². The number of aromatic nitrogens is 1. The highest BCUT2D eigenvalue weighted by Crippen LogP contribution is 2.37. The molecule has 0 aliphatic heterocycles. The number of thiazole rings is 1. The highest BCUT2D eigenvalue weighted by atomic mass is 32.1. The number of nitro groups is 1. The first-order valence-corrected chi connectivity index (χ1v) is 6.92. The minimum Gasteiger partial charge on any atom is -0.493 e. The average molecular weight is 309 g/mol. The van der Waals surface area contributed by atoms with E-state index in [0.717, 1.165) is 9.88 Å². The van der Waals surface area contributed by atoms with E-state index in [1.807, 2.05) is 6.92 Å². The molecule has 0 saturated carbocycles. The van der Waals surface area contributed by atoms with Gasteiger partial charge in [0.1, 0.15) is 5.69 Å². The highest BCUT2D eigenvalue weighted by molar-refractivity contribution is 7.11. The molecule has 21 heavy (non-hydrogen) atoms. The van der Waals surface area contributed by atoms with E-state index in [0.29, 0.717) is 23.7 Å². The van der Waals surface area contributed by atoms with Crippen molar-refractivity contribution < 1.29 is 14.4 Å². The van der Waals surface area contributed by atoms with E-state index in [1.54, 1.807) is 12.3 Å². The van der Waals surface area contributed by atoms with Crippen LogP contribution in [0, 0.1) is 17.0 Å². The maximum Gasteiger partial charge on any atom is 0.296 e. The summed E-state index contributed by atoms with van der Waals surface area (Å²) in [6.45, 7) is 2.37. The van der Waals surface area contributed by atoms with E-state index in [-0.39, 0.29) is 5.69 Å². The number of rotatable bonds is 6. The summed E-state index contributed by atoms with van der Waals surface area (Å²) >= 11 is 1.54. The second-order valence-electron chi connectivity index (χ2n) is 4.18. The predicted molar refractivity (Wildman–Crippen MR) is 80.4 cm³/mol. The number of benzene rings is 1. The second-order valence-corrected chi connectivity index (χ2v) is 5.50. The van der Waals surface area contributed by atoms with Gasteiger partial charge in [-0.3, -0.25) is 10.1 Å². The Labute approximate surface area is 125 Å². The van der Waals surface area contributed by atoms with Crippen LogP contribution < -0.4 is 14.8 Å². The van der Waals surface area contributed by atoms with Crippen LogP contribution in [0.2, 0.25) is 0 Å². The minimum absolute atomic E-state index is 0.0612. The van der Waals surface area contributed by atoms with Crippen molar-refractivity contribution in [3.63, 3.8) is 0 Å². The fourth-order valence-electron chi connectivity index (χ4n) is 1.83. The molecule has 8 heteroatoms. The molecule has 0 aliphatic carbocycles. The highest BCUT2D eigenvalue weighted by Gasteiger charge is 2.19. The molecular weight excluding hydrogens is 294 g/mol. The maximum absolute atomic E-state index is 11.2. The zero-order valence-corrected chi connectivity index (χ0v) is 12.7. The van der Waals surface area contributed by atoms with Gasteiger partial charge in [0.15, 0.2) is 11.5 Å². The number of aryl methyl sites for hydroxylation is 1. The Hall–Kier alpha value is -2.35. The molecule has 0 saturated heterocycles. The van der Waals surface area contributed by atoms with E-state index >= 15 is 0 Å². The lowest BCUT2D eigenvalue weighted by molar-refractivity contribution is -0.384. The fraction of sp³-hybridized carbons (Fsp3) is 0.308. The molecule has 2 aromatic rings. The number of ether oxygens (including phenoxy) is 2. The van der Waals surface area contributed by atoms with Crippen molar-refractivity contribution in [1.82, 2.24) is 4.98 Å². The Morgan fingerprint density at radius 2 is 2.00 bits per heavy atom. The second kappa shape index (κ2) is 6.40. The third kappa shape index (κ3) is 3.40. The lowest BCUT2D eigenvalue weighted by atomic mass is 10.2. The van der Waals surface area contributed by atoms with E-state index in [2.05, 4.69) is 10.3 Å². The summed E-state index contributed by atoms with van der Waals surface area (Å²) in [7, 11) is 2.93. The van der Waals surface area contributed by atoms with Crippen LogP contribution in [0.15, 0.2) is 18.3 Å². The van der Waals surface area contributed by atoms with E-state index in [1.165, 1.54) is 31.6 Å². The lowest BCUT2D eigenvalue weighted by Crippen LogP contribution is -2.03. The molecule has 1 N–H and O–H groups in total. The quantitative estimate of drug-likeness (QED) is 0.652. The van der Waals surface area contributed by atoms with Crippen molar-refractivity contribution in [3.8, 4) is 11.5 Å². The molecule has 1 heterocycles. The molecule has 0 bridgehead atoms. The van der Waals surface area contributed by atoms with Gasteiger partial charge in [-0.1, -0.05) is 0 Å². The largest absolute Gasteiger partial charge is 0.493 e. The van der Waals surface area contributed by atoms with Crippen molar-refractivity contribution >= 4 is 22.7 Å². The van der Waals surface area contributed by atoms with Crippen molar-refractivity contribution in [2.24, 2.45) is 0 Å².